The molecule has 7 heteroatoms. The van der Waals surface area contributed by atoms with E-state index in [0.29, 0.717) is 24.0 Å². The third-order valence-electron chi connectivity index (χ3n) is 4.05. The number of nitrogens with one attached hydrogen (secondary N) is 2. The van der Waals surface area contributed by atoms with Crippen LogP contribution in [0, 0.1) is 17.0 Å². The molecule has 0 bridgehead atoms. The minimum absolute atomic E-state index is 0. The van der Waals surface area contributed by atoms with Crippen molar-refractivity contribution < 1.29 is 4.92 Å². The highest BCUT2D eigenvalue weighted by Crippen LogP contribution is 2.17. The van der Waals surface area contributed by atoms with Gasteiger partial charge in [0.2, 0.25) is 0 Å². The first-order chi connectivity index (χ1) is 12.0. The zero-order chi connectivity index (χ0) is 18.2. The van der Waals surface area contributed by atoms with Gasteiger partial charge in [0, 0.05) is 31.8 Å². The molecule has 0 amide bonds. The molecule has 0 aromatic heterocycles. The van der Waals surface area contributed by atoms with Crippen LogP contribution in [0.3, 0.4) is 0 Å². The first kappa shape index (κ1) is 21.9. The van der Waals surface area contributed by atoms with E-state index in [-0.39, 0.29) is 34.6 Å². The van der Waals surface area contributed by atoms with Gasteiger partial charge in [-0.2, -0.15) is 0 Å². The molecule has 0 aliphatic rings. The summed E-state index contributed by atoms with van der Waals surface area (Å²) in [5, 5.41) is 17.5. The van der Waals surface area contributed by atoms with Gasteiger partial charge in [-0.15, -0.1) is 24.0 Å². The maximum Gasteiger partial charge on any atom is 0.274 e. The molecule has 0 spiro atoms. The topological polar surface area (TPSA) is 79.6 Å². The van der Waals surface area contributed by atoms with Crippen LogP contribution >= 0.6 is 24.0 Å². The van der Waals surface area contributed by atoms with Crippen molar-refractivity contribution in [2.45, 2.75) is 26.3 Å². The van der Waals surface area contributed by atoms with Crippen LogP contribution in [0.15, 0.2) is 53.5 Å². The molecule has 1 unspecified atom stereocenters. The second-order valence-corrected chi connectivity index (χ2v) is 6.01. The number of aliphatic imine (C=N–C) groups is 1. The van der Waals surface area contributed by atoms with E-state index in [1.165, 1.54) is 17.2 Å². The van der Waals surface area contributed by atoms with Crippen molar-refractivity contribution in [3.8, 4) is 0 Å². The van der Waals surface area contributed by atoms with Gasteiger partial charge < -0.3 is 10.6 Å². The van der Waals surface area contributed by atoms with Gasteiger partial charge in [-0.25, -0.2) is 0 Å². The van der Waals surface area contributed by atoms with Crippen LogP contribution < -0.4 is 10.6 Å². The number of guanidine groups is 1. The molecule has 0 radical (unpaired) electrons. The summed E-state index contributed by atoms with van der Waals surface area (Å²) < 4.78 is 0. The molecule has 26 heavy (non-hydrogen) atoms. The quantitative estimate of drug-likeness (QED) is 0.221. The molecule has 0 heterocycles. The maximum absolute atomic E-state index is 11.1. The number of nitrogens with zero attached hydrogens (tertiary/aromatic N) is 2. The molecule has 0 aliphatic heterocycles. The van der Waals surface area contributed by atoms with Crippen LogP contribution in [-0.4, -0.2) is 24.5 Å². The Balaban J connectivity index is 0.00000338. The molecule has 2 N–H and O–H groups in total. The Labute approximate surface area is 171 Å². The van der Waals surface area contributed by atoms with Gasteiger partial charge in [-0.05, 0) is 18.4 Å². The van der Waals surface area contributed by atoms with E-state index in [4.69, 9.17) is 0 Å². The molecule has 0 aliphatic carbocycles. The highest BCUT2D eigenvalue weighted by atomic mass is 127. The number of halogens is 1. The monoisotopic (exact) mass is 468 g/mol. The van der Waals surface area contributed by atoms with Crippen LogP contribution in [0.2, 0.25) is 0 Å². The summed E-state index contributed by atoms with van der Waals surface area (Å²) in [5.74, 6) is 0.946. The number of aryl methyl sites for hydroxylation is 1. The Kier molecular flexibility index (Phi) is 9.04. The molecule has 0 saturated heterocycles. The largest absolute Gasteiger partial charge is 0.356 e. The Morgan fingerprint density at radius 2 is 1.92 bits per heavy atom. The number of nitro benzene ring substituents is 1. The summed E-state index contributed by atoms with van der Waals surface area (Å²) in [6.45, 7) is 5.30. The summed E-state index contributed by atoms with van der Waals surface area (Å²) in [4.78, 5) is 14.9. The zero-order valence-corrected chi connectivity index (χ0v) is 17.6. The lowest BCUT2D eigenvalue weighted by atomic mass is 9.99. The highest BCUT2D eigenvalue weighted by Gasteiger charge is 2.13. The van der Waals surface area contributed by atoms with Crippen LogP contribution in [0.5, 0.6) is 0 Å². The lowest BCUT2D eigenvalue weighted by Gasteiger charge is -2.17. The molecular formula is C19H25IN4O2. The van der Waals surface area contributed by atoms with Gasteiger partial charge in [0.15, 0.2) is 5.96 Å². The minimum Gasteiger partial charge on any atom is -0.356 e. The van der Waals surface area contributed by atoms with E-state index < -0.39 is 0 Å². The van der Waals surface area contributed by atoms with E-state index in [9.17, 15) is 10.1 Å². The van der Waals surface area contributed by atoms with E-state index >= 15 is 0 Å². The first-order valence-corrected chi connectivity index (χ1v) is 8.24. The van der Waals surface area contributed by atoms with E-state index in [2.05, 4.69) is 53.7 Å². The van der Waals surface area contributed by atoms with Crippen LogP contribution in [0.25, 0.3) is 0 Å². The van der Waals surface area contributed by atoms with Gasteiger partial charge in [-0.1, -0.05) is 55.0 Å². The fourth-order valence-corrected chi connectivity index (χ4v) is 2.58. The summed E-state index contributed by atoms with van der Waals surface area (Å²) in [7, 11) is 1.69. The summed E-state index contributed by atoms with van der Waals surface area (Å²) in [5.41, 5.74) is 3.24. The lowest BCUT2D eigenvalue weighted by molar-refractivity contribution is -0.385. The second kappa shape index (κ2) is 10.7. The van der Waals surface area contributed by atoms with Gasteiger partial charge in [0.25, 0.3) is 5.69 Å². The SMILES string of the molecule is CN=C(NCc1ccccc1[N+](=O)[O-])NCC(C)c1cccc(C)c1.I. The molecule has 0 fully saturated rings. The second-order valence-electron chi connectivity index (χ2n) is 6.01. The van der Waals surface area contributed by atoms with Crippen molar-refractivity contribution in [3.05, 3.63) is 75.3 Å². The molecule has 0 saturated carbocycles. The number of hydrogen-bond donors (Lipinski definition) is 2. The van der Waals surface area contributed by atoms with Crippen LogP contribution in [0.1, 0.15) is 29.5 Å². The third kappa shape index (κ3) is 6.29. The van der Waals surface area contributed by atoms with Gasteiger partial charge in [-0.3, -0.25) is 15.1 Å². The van der Waals surface area contributed by atoms with Crippen LogP contribution in [-0.2, 0) is 6.54 Å². The predicted octanol–water partition coefficient (Wildman–Crippen LogP) is 3.99. The average Bonchev–Trinajstić information content (AvgIpc) is 2.61. The number of para-hydroxylation sites is 1. The normalized spacial score (nSPS) is 12.0. The van der Waals surface area contributed by atoms with Gasteiger partial charge >= 0.3 is 0 Å². The highest BCUT2D eigenvalue weighted by molar-refractivity contribution is 14.0. The molecule has 1 atom stereocenters. The Bertz CT molecular complexity index is 765. The number of hydrogen-bond acceptors (Lipinski definition) is 3. The van der Waals surface area contributed by atoms with Crippen molar-refractivity contribution in [2.75, 3.05) is 13.6 Å². The zero-order valence-electron chi connectivity index (χ0n) is 15.2. The molecule has 2 rings (SSSR count). The third-order valence-corrected chi connectivity index (χ3v) is 4.05. The van der Waals surface area contributed by atoms with Crippen molar-refractivity contribution in [1.29, 1.82) is 0 Å². The molecule has 6 nitrogen and oxygen atoms in total. The first-order valence-electron chi connectivity index (χ1n) is 8.24. The smallest absolute Gasteiger partial charge is 0.274 e. The van der Waals surface area contributed by atoms with E-state index in [1.807, 2.05) is 0 Å². The summed E-state index contributed by atoms with van der Waals surface area (Å²) in [6.07, 6.45) is 0. The fraction of sp³-hybridized carbons (Fsp3) is 0.316. The molecular weight excluding hydrogens is 443 g/mol. The maximum atomic E-state index is 11.1. The van der Waals surface area contributed by atoms with Crippen molar-refractivity contribution >= 4 is 35.6 Å². The van der Waals surface area contributed by atoms with E-state index in [1.54, 1.807) is 25.2 Å². The molecule has 2 aromatic carbocycles. The molecule has 140 valence electrons. The number of nitro groups is 1. The van der Waals surface area contributed by atoms with Gasteiger partial charge in [0.1, 0.15) is 0 Å². The lowest BCUT2D eigenvalue weighted by Crippen LogP contribution is -2.38. The number of benzene rings is 2. The average molecular weight is 468 g/mol. The summed E-state index contributed by atoms with van der Waals surface area (Å²) >= 11 is 0. The molecule has 2 aromatic rings. The fourth-order valence-electron chi connectivity index (χ4n) is 2.58. The Morgan fingerprint density at radius 1 is 1.19 bits per heavy atom. The van der Waals surface area contributed by atoms with Crippen LogP contribution in [0.4, 0.5) is 5.69 Å². The standard InChI is InChI=1S/C19H24N4O2.HI/c1-14-7-6-9-16(11-14)15(2)12-21-19(20-3)22-13-17-8-4-5-10-18(17)23(24)25;/h4-11,15H,12-13H2,1-3H3,(H2,20,21,22);1H. The van der Waals surface area contributed by atoms with Crippen molar-refractivity contribution in [3.63, 3.8) is 0 Å². The van der Waals surface area contributed by atoms with Crippen molar-refractivity contribution in [2.24, 2.45) is 4.99 Å². The van der Waals surface area contributed by atoms with Crippen molar-refractivity contribution in [1.82, 2.24) is 10.6 Å². The summed E-state index contributed by atoms with van der Waals surface area (Å²) in [6, 6.07) is 15.1. The van der Waals surface area contributed by atoms with E-state index in [0.717, 1.165) is 6.54 Å². The number of rotatable bonds is 6. The Morgan fingerprint density at radius 3 is 2.58 bits per heavy atom. The Hall–Kier alpha value is -2.16. The minimum atomic E-state index is -0.368. The predicted molar refractivity (Wildman–Crippen MR) is 116 cm³/mol. The van der Waals surface area contributed by atoms with Gasteiger partial charge in [0.05, 0.1) is 4.92 Å².